The third-order valence-electron chi connectivity index (χ3n) is 5.48. The van der Waals surface area contributed by atoms with Gasteiger partial charge in [-0.05, 0) is 43.1 Å². The van der Waals surface area contributed by atoms with Gasteiger partial charge >= 0.3 is 0 Å². The lowest BCUT2D eigenvalue weighted by Gasteiger charge is -2.18. The van der Waals surface area contributed by atoms with Gasteiger partial charge in [0, 0.05) is 26.7 Å². The van der Waals surface area contributed by atoms with Gasteiger partial charge in [-0.25, -0.2) is 0 Å². The fourth-order valence-corrected chi connectivity index (χ4v) is 4.76. The number of thioether (sulfide) groups is 1. The second kappa shape index (κ2) is 9.96. The van der Waals surface area contributed by atoms with Crippen LogP contribution >= 0.6 is 35.7 Å². The van der Waals surface area contributed by atoms with Gasteiger partial charge in [0.15, 0.2) is 5.96 Å². The first-order chi connectivity index (χ1) is 12.2. The van der Waals surface area contributed by atoms with Crippen molar-refractivity contribution < 1.29 is 9.59 Å². The predicted octanol–water partition coefficient (Wildman–Crippen LogP) is 1.72. The molecule has 2 aliphatic carbocycles. The van der Waals surface area contributed by atoms with Gasteiger partial charge in [0.2, 0.25) is 11.8 Å². The van der Waals surface area contributed by atoms with Gasteiger partial charge in [-0.2, -0.15) is 11.8 Å². The van der Waals surface area contributed by atoms with Crippen molar-refractivity contribution >= 4 is 53.5 Å². The van der Waals surface area contributed by atoms with Crippen molar-refractivity contribution in [3.8, 4) is 0 Å². The summed E-state index contributed by atoms with van der Waals surface area (Å²) < 4.78 is 0. The first-order valence-electron chi connectivity index (χ1n) is 9.14. The van der Waals surface area contributed by atoms with E-state index >= 15 is 0 Å². The SMILES string of the molecule is CN=C(NCCCCSC)NCCN1C(=O)C2C3C=CC(C3)C2C1=O.I. The Hall–Kier alpha value is -0.770. The molecule has 146 valence electrons. The number of carbonyl (C=O) groups is 2. The molecule has 26 heavy (non-hydrogen) atoms. The summed E-state index contributed by atoms with van der Waals surface area (Å²) in [5.41, 5.74) is 0. The Bertz CT molecular complexity index is 554. The average Bonchev–Trinajstić information content (AvgIpc) is 3.29. The van der Waals surface area contributed by atoms with E-state index in [1.165, 1.54) is 17.1 Å². The topological polar surface area (TPSA) is 73.8 Å². The number of hydrogen-bond acceptors (Lipinski definition) is 4. The lowest BCUT2D eigenvalue weighted by atomic mass is 9.85. The van der Waals surface area contributed by atoms with E-state index in [1.807, 2.05) is 11.8 Å². The van der Waals surface area contributed by atoms with Crippen molar-refractivity contribution in [3.05, 3.63) is 12.2 Å². The van der Waals surface area contributed by atoms with Crippen molar-refractivity contribution in [2.45, 2.75) is 19.3 Å². The Morgan fingerprint density at radius 1 is 1.15 bits per heavy atom. The maximum absolute atomic E-state index is 12.6. The molecule has 0 aromatic carbocycles. The van der Waals surface area contributed by atoms with E-state index in [0.717, 1.165) is 25.3 Å². The van der Waals surface area contributed by atoms with E-state index in [4.69, 9.17) is 0 Å². The number of nitrogens with one attached hydrogen (secondary N) is 2. The second-order valence-electron chi connectivity index (χ2n) is 6.95. The molecule has 0 spiro atoms. The minimum Gasteiger partial charge on any atom is -0.356 e. The fourth-order valence-electron chi connectivity index (χ4n) is 4.27. The van der Waals surface area contributed by atoms with Crippen LogP contribution in [0.25, 0.3) is 0 Å². The minimum absolute atomic E-state index is 0. The van der Waals surface area contributed by atoms with Gasteiger partial charge < -0.3 is 10.6 Å². The van der Waals surface area contributed by atoms with Crippen LogP contribution in [0.1, 0.15) is 19.3 Å². The summed E-state index contributed by atoms with van der Waals surface area (Å²) >= 11 is 1.86. The molecule has 2 N–H and O–H groups in total. The van der Waals surface area contributed by atoms with E-state index in [1.54, 1.807) is 7.05 Å². The molecule has 2 bridgehead atoms. The summed E-state index contributed by atoms with van der Waals surface area (Å²) in [6, 6.07) is 0. The van der Waals surface area contributed by atoms with Crippen LogP contribution < -0.4 is 10.6 Å². The monoisotopic (exact) mass is 492 g/mol. The second-order valence-corrected chi connectivity index (χ2v) is 7.94. The number of aliphatic imine (C=N–C) groups is 1. The average molecular weight is 492 g/mol. The number of likely N-dealkylation sites (tertiary alicyclic amines) is 1. The summed E-state index contributed by atoms with van der Waals surface area (Å²) in [7, 11) is 1.73. The normalized spacial score (nSPS) is 29.2. The molecule has 2 amide bonds. The lowest BCUT2D eigenvalue weighted by molar-refractivity contribution is -0.140. The van der Waals surface area contributed by atoms with Crippen LogP contribution in [0, 0.1) is 23.7 Å². The Morgan fingerprint density at radius 2 is 1.77 bits per heavy atom. The summed E-state index contributed by atoms with van der Waals surface area (Å²) in [5, 5.41) is 6.48. The van der Waals surface area contributed by atoms with Crippen molar-refractivity contribution in [1.29, 1.82) is 0 Å². The van der Waals surface area contributed by atoms with Crippen molar-refractivity contribution in [2.75, 3.05) is 38.7 Å². The first-order valence-corrected chi connectivity index (χ1v) is 10.5. The van der Waals surface area contributed by atoms with Gasteiger partial charge in [0.1, 0.15) is 0 Å². The zero-order valence-electron chi connectivity index (χ0n) is 15.4. The van der Waals surface area contributed by atoms with Gasteiger partial charge in [-0.1, -0.05) is 12.2 Å². The molecule has 4 unspecified atom stereocenters. The predicted molar refractivity (Wildman–Crippen MR) is 117 cm³/mol. The fraction of sp³-hybridized carbons (Fsp3) is 0.722. The highest BCUT2D eigenvalue weighted by Gasteiger charge is 2.58. The summed E-state index contributed by atoms with van der Waals surface area (Å²) in [6.07, 6.45) is 9.63. The van der Waals surface area contributed by atoms with Gasteiger partial charge in [0.05, 0.1) is 11.8 Å². The van der Waals surface area contributed by atoms with Gasteiger partial charge in [0.25, 0.3) is 0 Å². The Kier molecular flexibility index (Phi) is 8.25. The zero-order valence-corrected chi connectivity index (χ0v) is 18.6. The highest BCUT2D eigenvalue weighted by atomic mass is 127. The first kappa shape index (κ1) is 21.5. The number of hydrogen-bond donors (Lipinski definition) is 2. The van der Waals surface area contributed by atoms with Crippen molar-refractivity contribution in [1.82, 2.24) is 15.5 Å². The van der Waals surface area contributed by atoms with Crippen LogP contribution in [0.15, 0.2) is 17.1 Å². The Labute approximate surface area is 177 Å². The maximum atomic E-state index is 12.6. The van der Waals surface area contributed by atoms with E-state index in [9.17, 15) is 9.59 Å². The molecular formula is C18H29IN4O2S. The quantitative estimate of drug-likeness (QED) is 0.135. The Morgan fingerprint density at radius 3 is 2.35 bits per heavy atom. The molecule has 3 aliphatic rings. The molecule has 0 radical (unpaired) electrons. The smallest absolute Gasteiger partial charge is 0.233 e. The van der Waals surface area contributed by atoms with E-state index in [2.05, 4.69) is 34.0 Å². The van der Waals surface area contributed by atoms with Crippen LogP contribution in [0.3, 0.4) is 0 Å². The van der Waals surface area contributed by atoms with E-state index in [0.29, 0.717) is 13.1 Å². The third-order valence-corrected chi connectivity index (χ3v) is 6.18. The molecule has 2 fully saturated rings. The highest BCUT2D eigenvalue weighted by Crippen LogP contribution is 2.52. The number of guanidine groups is 1. The third kappa shape index (κ3) is 4.37. The largest absolute Gasteiger partial charge is 0.356 e. The standard InChI is InChI=1S/C18H28N4O2S.HI/c1-19-18(20-7-3-4-10-25-2)21-8-9-22-16(23)14-12-5-6-13(11-12)15(14)17(22)24;/h5-6,12-15H,3-4,7-11H2,1-2H3,(H2,19,20,21);1H. The molecule has 3 rings (SSSR count). The molecular weight excluding hydrogens is 463 g/mol. The molecule has 6 nitrogen and oxygen atoms in total. The molecule has 1 saturated heterocycles. The number of unbranched alkanes of at least 4 members (excludes halogenated alkanes) is 1. The minimum atomic E-state index is -0.101. The Balaban J connectivity index is 0.00000243. The van der Waals surface area contributed by atoms with Crippen molar-refractivity contribution in [3.63, 3.8) is 0 Å². The number of carbonyl (C=O) groups excluding carboxylic acids is 2. The van der Waals surface area contributed by atoms with Crippen LogP contribution in [0.2, 0.25) is 0 Å². The van der Waals surface area contributed by atoms with Crippen LogP contribution in [0.4, 0.5) is 0 Å². The number of imide groups is 1. The molecule has 0 aromatic heterocycles. The number of rotatable bonds is 8. The lowest BCUT2D eigenvalue weighted by Crippen LogP contribution is -2.43. The molecule has 8 heteroatoms. The van der Waals surface area contributed by atoms with Gasteiger partial charge in [-0.3, -0.25) is 19.5 Å². The number of nitrogens with zero attached hydrogens (tertiary/aromatic N) is 2. The summed E-state index contributed by atoms with van der Waals surface area (Å²) in [5.74, 6) is 2.30. The van der Waals surface area contributed by atoms with Crippen molar-refractivity contribution in [2.24, 2.45) is 28.7 Å². The summed E-state index contributed by atoms with van der Waals surface area (Å²) in [4.78, 5) is 30.8. The number of amides is 2. The molecule has 1 heterocycles. The number of fused-ring (bicyclic) bond motifs is 5. The van der Waals surface area contributed by atoms with Gasteiger partial charge in [-0.15, -0.1) is 24.0 Å². The van der Waals surface area contributed by atoms with Crippen LogP contribution in [0.5, 0.6) is 0 Å². The molecule has 1 aliphatic heterocycles. The number of halogens is 1. The molecule has 1 saturated carbocycles. The highest BCUT2D eigenvalue weighted by molar-refractivity contribution is 14.0. The maximum Gasteiger partial charge on any atom is 0.233 e. The zero-order chi connectivity index (χ0) is 17.8. The summed E-state index contributed by atoms with van der Waals surface area (Å²) in [6.45, 7) is 1.82. The molecule has 0 aromatic rings. The van der Waals surface area contributed by atoms with Crippen LogP contribution in [-0.2, 0) is 9.59 Å². The number of allylic oxidation sites excluding steroid dienone is 2. The van der Waals surface area contributed by atoms with E-state index < -0.39 is 0 Å². The molecule has 4 atom stereocenters. The van der Waals surface area contributed by atoms with Crippen LogP contribution in [-0.4, -0.2) is 61.4 Å². The van der Waals surface area contributed by atoms with E-state index in [-0.39, 0.29) is 59.5 Å².